The van der Waals surface area contributed by atoms with Crippen LogP contribution in [0.2, 0.25) is 0 Å². The third kappa shape index (κ3) is 7.81. The Bertz CT molecular complexity index is 115. The van der Waals surface area contributed by atoms with Crippen LogP contribution in [0.4, 0.5) is 0 Å². The smallest absolute Gasteiger partial charge is 0.0504 e. The minimum Gasteiger partial charge on any atom is -0.381 e. The summed E-state index contributed by atoms with van der Waals surface area (Å²) in [6.07, 6.45) is 5.18. The molecule has 0 bridgehead atoms. The minimum absolute atomic E-state index is 0.668. The van der Waals surface area contributed by atoms with E-state index < -0.39 is 0 Å². The van der Waals surface area contributed by atoms with Crippen LogP contribution in [-0.4, -0.2) is 18.5 Å². The summed E-state index contributed by atoms with van der Waals surface area (Å²) in [7, 11) is 0. The molecule has 0 heterocycles. The van der Waals surface area contributed by atoms with E-state index in [4.69, 9.17) is 4.74 Å². The van der Waals surface area contributed by atoms with E-state index in [-0.39, 0.29) is 0 Å². The van der Waals surface area contributed by atoms with E-state index in [1.165, 1.54) is 25.7 Å². The van der Waals surface area contributed by atoms with Gasteiger partial charge < -0.3 is 4.74 Å². The molecular weight excluding hydrogens is 240 g/mol. The summed E-state index contributed by atoms with van der Waals surface area (Å²) in [4.78, 5) is 0. The summed E-state index contributed by atoms with van der Waals surface area (Å²) in [5.74, 6) is 1.38. The second-order valence-corrected chi connectivity index (χ2v) is 4.94. The lowest BCUT2D eigenvalue weighted by Crippen LogP contribution is -2.17. The Balaban J connectivity index is 3.25. The highest BCUT2D eigenvalue weighted by molar-refractivity contribution is 9.09. The Morgan fingerprint density at radius 3 is 2.36 bits per heavy atom. The summed E-state index contributed by atoms with van der Waals surface area (Å²) < 4.78 is 5.66. The van der Waals surface area contributed by atoms with Gasteiger partial charge in [-0.25, -0.2) is 0 Å². The van der Waals surface area contributed by atoms with Gasteiger partial charge in [0.15, 0.2) is 0 Å². The van der Waals surface area contributed by atoms with Crippen LogP contribution in [0.15, 0.2) is 0 Å². The maximum Gasteiger partial charge on any atom is 0.0504 e. The van der Waals surface area contributed by atoms with E-state index in [1.807, 2.05) is 0 Å². The third-order valence-corrected chi connectivity index (χ3v) is 3.45. The van der Waals surface area contributed by atoms with Crippen molar-refractivity contribution in [3.63, 3.8) is 0 Å². The van der Waals surface area contributed by atoms with Crippen molar-refractivity contribution < 1.29 is 4.74 Å². The number of ether oxygens (including phenoxy) is 1. The highest BCUT2D eigenvalue weighted by Gasteiger charge is 2.11. The maximum atomic E-state index is 5.66. The quantitative estimate of drug-likeness (QED) is 0.447. The Labute approximate surface area is 97.7 Å². The molecule has 0 radical (unpaired) electrons. The molecule has 0 N–H and O–H groups in total. The van der Waals surface area contributed by atoms with Crippen molar-refractivity contribution in [2.75, 3.05) is 18.5 Å². The summed E-state index contributed by atoms with van der Waals surface area (Å²) in [6.45, 7) is 8.60. The van der Waals surface area contributed by atoms with Gasteiger partial charge in [-0.1, -0.05) is 56.0 Å². The fraction of sp³-hybridized carbons (Fsp3) is 1.00. The highest BCUT2D eigenvalue weighted by Crippen LogP contribution is 2.14. The van der Waals surface area contributed by atoms with Crippen molar-refractivity contribution in [1.29, 1.82) is 0 Å². The lowest BCUT2D eigenvalue weighted by atomic mass is 9.99. The molecule has 0 amide bonds. The molecule has 0 aliphatic carbocycles. The first kappa shape index (κ1) is 14.4. The van der Waals surface area contributed by atoms with Gasteiger partial charge in [-0.2, -0.15) is 0 Å². The fourth-order valence-electron chi connectivity index (χ4n) is 1.28. The molecule has 1 unspecified atom stereocenters. The van der Waals surface area contributed by atoms with Gasteiger partial charge in [-0.3, -0.25) is 0 Å². The van der Waals surface area contributed by atoms with Gasteiger partial charge >= 0.3 is 0 Å². The van der Waals surface area contributed by atoms with E-state index >= 15 is 0 Å². The van der Waals surface area contributed by atoms with E-state index in [0.29, 0.717) is 11.8 Å². The number of halogens is 1. The normalized spacial score (nSPS) is 13.5. The first-order valence-electron chi connectivity index (χ1n) is 5.86. The van der Waals surface area contributed by atoms with Gasteiger partial charge in [0.2, 0.25) is 0 Å². The zero-order valence-corrected chi connectivity index (χ0v) is 11.5. The molecule has 0 aliphatic heterocycles. The minimum atomic E-state index is 0.668. The molecule has 14 heavy (non-hydrogen) atoms. The van der Waals surface area contributed by atoms with Crippen LogP contribution in [0.3, 0.4) is 0 Å². The van der Waals surface area contributed by atoms with Crippen LogP contribution < -0.4 is 0 Å². The van der Waals surface area contributed by atoms with Crippen molar-refractivity contribution in [2.24, 2.45) is 11.8 Å². The van der Waals surface area contributed by atoms with Crippen LogP contribution in [-0.2, 0) is 4.74 Å². The van der Waals surface area contributed by atoms with Crippen LogP contribution in [0.1, 0.15) is 46.5 Å². The zero-order valence-electron chi connectivity index (χ0n) is 9.89. The van der Waals surface area contributed by atoms with Crippen molar-refractivity contribution in [3.05, 3.63) is 0 Å². The molecule has 0 aromatic rings. The lowest BCUT2D eigenvalue weighted by molar-refractivity contribution is 0.0889. The van der Waals surface area contributed by atoms with Crippen molar-refractivity contribution in [3.8, 4) is 0 Å². The average molecular weight is 265 g/mol. The molecule has 0 spiro atoms. The second kappa shape index (κ2) is 9.97. The van der Waals surface area contributed by atoms with E-state index in [9.17, 15) is 0 Å². The second-order valence-electron chi connectivity index (χ2n) is 4.29. The molecule has 0 fully saturated rings. The molecule has 0 aliphatic rings. The van der Waals surface area contributed by atoms with Crippen LogP contribution in [0, 0.1) is 11.8 Å². The first-order valence-corrected chi connectivity index (χ1v) is 6.98. The molecule has 0 rings (SSSR count). The maximum absolute atomic E-state index is 5.66. The molecule has 1 nitrogen and oxygen atoms in total. The molecule has 86 valence electrons. The van der Waals surface area contributed by atoms with Gasteiger partial charge in [0.05, 0.1) is 6.61 Å². The summed E-state index contributed by atoms with van der Waals surface area (Å²) in [5.41, 5.74) is 0. The van der Waals surface area contributed by atoms with Crippen LogP contribution >= 0.6 is 15.9 Å². The SMILES string of the molecule is CCCCCCOCC(CBr)C(C)C. The van der Waals surface area contributed by atoms with E-state index in [2.05, 4.69) is 36.7 Å². The van der Waals surface area contributed by atoms with Crippen LogP contribution in [0.25, 0.3) is 0 Å². The van der Waals surface area contributed by atoms with Gasteiger partial charge in [-0.15, -0.1) is 0 Å². The van der Waals surface area contributed by atoms with Gasteiger partial charge in [0.25, 0.3) is 0 Å². The predicted molar refractivity (Wildman–Crippen MR) is 67.1 cm³/mol. The first-order chi connectivity index (χ1) is 6.72. The highest BCUT2D eigenvalue weighted by atomic mass is 79.9. The molecule has 0 saturated heterocycles. The van der Waals surface area contributed by atoms with Crippen molar-refractivity contribution >= 4 is 15.9 Å². The number of alkyl halides is 1. The van der Waals surface area contributed by atoms with Gasteiger partial charge in [0.1, 0.15) is 0 Å². The number of hydrogen-bond donors (Lipinski definition) is 0. The van der Waals surface area contributed by atoms with Crippen molar-refractivity contribution in [2.45, 2.75) is 46.5 Å². The Morgan fingerprint density at radius 1 is 1.14 bits per heavy atom. The van der Waals surface area contributed by atoms with Crippen molar-refractivity contribution in [1.82, 2.24) is 0 Å². The number of hydrogen-bond acceptors (Lipinski definition) is 1. The Kier molecular flexibility index (Phi) is 10.3. The standard InChI is InChI=1S/C12H25BrO/c1-4-5-6-7-8-14-10-12(9-13)11(2)3/h11-12H,4-10H2,1-3H3. The van der Waals surface area contributed by atoms with E-state index in [0.717, 1.165) is 18.5 Å². The third-order valence-electron chi connectivity index (χ3n) is 2.62. The summed E-state index contributed by atoms with van der Waals surface area (Å²) in [5, 5.41) is 1.06. The predicted octanol–water partition coefficient (Wildman–Crippen LogP) is 4.25. The molecule has 0 aromatic carbocycles. The van der Waals surface area contributed by atoms with E-state index in [1.54, 1.807) is 0 Å². The van der Waals surface area contributed by atoms with Gasteiger partial charge in [-0.05, 0) is 18.3 Å². The molecule has 1 atom stereocenters. The monoisotopic (exact) mass is 264 g/mol. The Morgan fingerprint density at radius 2 is 1.86 bits per heavy atom. The largest absolute Gasteiger partial charge is 0.381 e. The zero-order chi connectivity index (χ0) is 10.8. The fourth-order valence-corrected chi connectivity index (χ4v) is 2.22. The van der Waals surface area contributed by atoms with Gasteiger partial charge in [0, 0.05) is 11.9 Å². The molecule has 2 heteroatoms. The molecule has 0 saturated carbocycles. The average Bonchev–Trinajstić information content (AvgIpc) is 2.16. The number of rotatable bonds is 9. The summed E-state index contributed by atoms with van der Waals surface area (Å²) >= 11 is 3.53. The molecular formula is C12H25BrO. The number of unbranched alkanes of at least 4 members (excludes halogenated alkanes) is 3. The Hall–Kier alpha value is 0.440. The topological polar surface area (TPSA) is 9.23 Å². The lowest BCUT2D eigenvalue weighted by Gasteiger charge is -2.17. The van der Waals surface area contributed by atoms with Crippen LogP contribution in [0.5, 0.6) is 0 Å². The molecule has 0 aromatic heterocycles. The summed E-state index contributed by atoms with van der Waals surface area (Å²) in [6, 6.07) is 0.